The van der Waals surface area contributed by atoms with E-state index in [9.17, 15) is 24.5 Å². The highest BCUT2D eigenvalue weighted by Crippen LogP contribution is 2.35. The Labute approximate surface area is 158 Å². The van der Waals surface area contributed by atoms with Crippen LogP contribution in [0.4, 0.5) is 11.4 Å². The molecule has 1 N–H and O–H groups in total. The lowest BCUT2D eigenvalue weighted by Gasteiger charge is -2.18. The summed E-state index contributed by atoms with van der Waals surface area (Å²) >= 11 is 0. The molecule has 0 spiro atoms. The molecule has 4 rings (SSSR count). The van der Waals surface area contributed by atoms with Gasteiger partial charge in [-0.05, 0) is 24.3 Å². The lowest BCUT2D eigenvalue weighted by Crippen LogP contribution is -2.24. The van der Waals surface area contributed by atoms with Gasteiger partial charge >= 0.3 is 0 Å². The first kappa shape index (κ1) is 17.3. The minimum atomic E-state index is -0.794. The fourth-order valence-electron chi connectivity index (χ4n) is 3.26. The first-order chi connectivity index (χ1) is 13.5. The number of anilines is 1. The van der Waals surface area contributed by atoms with Crippen molar-refractivity contribution >= 4 is 28.8 Å². The lowest BCUT2D eigenvalue weighted by molar-refractivity contribution is -0.385. The summed E-state index contributed by atoms with van der Waals surface area (Å²) in [5, 5.41) is 14.3. The fraction of sp³-hybridized carbons (Fsp3) is 0. The number of nitro groups is 1. The fourth-order valence-corrected chi connectivity index (χ4v) is 3.26. The molecule has 0 aliphatic heterocycles. The Balaban J connectivity index is 1.88. The molecule has 136 valence electrons. The number of hydrogen-bond acceptors (Lipinski definition) is 5. The van der Waals surface area contributed by atoms with Crippen molar-refractivity contribution in [2.45, 2.75) is 0 Å². The van der Waals surface area contributed by atoms with Crippen LogP contribution >= 0.6 is 0 Å². The van der Waals surface area contributed by atoms with E-state index in [0.717, 1.165) is 0 Å². The number of nitrogens with zero attached hydrogens (tertiary/aromatic N) is 1. The van der Waals surface area contributed by atoms with Gasteiger partial charge in [0.25, 0.3) is 11.6 Å². The predicted molar refractivity (Wildman–Crippen MR) is 101 cm³/mol. The number of benzene rings is 3. The molecule has 3 aromatic rings. The first-order valence-electron chi connectivity index (χ1n) is 8.35. The molecule has 0 fully saturated rings. The summed E-state index contributed by atoms with van der Waals surface area (Å²) in [6.45, 7) is 0. The van der Waals surface area contributed by atoms with E-state index in [-0.39, 0.29) is 27.8 Å². The zero-order chi connectivity index (χ0) is 19.8. The second kappa shape index (κ2) is 6.55. The molecule has 0 heterocycles. The molecular formula is C21H12N2O5. The van der Waals surface area contributed by atoms with Crippen LogP contribution in [-0.2, 0) is 0 Å². The van der Waals surface area contributed by atoms with Gasteiger partial charge in [0.1, 0.15) is 11.1 Å². The van der Waals surface area contributed by atoms with Crippen LogP contribution in [-0.4, -0.2) is 22.4 Å². The van der Waals surface area contributed by atoms with Crippen molar-refractivity contribution in [3.05, 3.63) is 105 Å². The van der Waals surface area contributed by atoms with E-state index >= 15 is 0 Å². The van der Waals surface area contributed by atoms with Crippen LogP contribution in [0.25, 0.3) is 0 Å². The Morgan fingerprint density at radius 3 is 2.04 bits per heavy atom. The smallest absolute Gasteiger partial charge is 0.294 e. The average Bonchev–Trinajstić information content (AvgIpc) is 2.71. The lowest BCUT2D eigenvalue weighted by atomic mass is 9.82. The summed E-state index contributed by atoms with van der Waals surface area (Å²) in [5.74, 6) is -1.87. The number of fused-ring (bicyclic) bond motifs is 2. The Kier molecular flexibility index (Phi) is 4.04. The number of carbonyl (C=O) groups excluding carboxylic acids is 3. The molecule has 1 aliphatic rings. The minimum Gasteiger partial charge on any atom is -0.322 e. The third kappa shape index (κ3) is 2.66. The number of carbonyl (C=O) groups is 3. The quantitative estimate of drug-likeness (QED) is 0.437. The Morgan fingerprint density at radius 2 is 1.39 bits per heavy atom. The van der Waals surface area contributed by atoms with Gasteiger partial charge in [-0.25, -0.2) is 0 Å². The van der Waals surface area contributed by atoms with Crippen LogP contribution in [0.15, 0.2) is 66.7 Å². The highest BCUT2D eigenvalue weighted by Gasteiger charge is 2.38. The average molecular weight is 372 g/mol. The summed E-state index contributed by atoms with van der Waals surface area (Å²) in [6.07, 6.45) is 0. The van der Waals surface area contributed by atoms with Gasteiger partial charge in [0.2, 0.25) is 5.78 Å². The number of hydrogen-bond donors (Lipinski definition) is 1. The molecule has 3 aromatic carbocycles. The van der Waals surface area contributed by atoms with Gasteiger partial charge in [-0.3, -0.25) is 24.5 Å². The zero-order valence-electron chi connectivity index (χ0n) is 14.3. The molecule has 28 heavy (non-hydrogen) atoms. The van der Waals surface area contributed by atoms with Gasteiger partial charge < -0.3 is 5.32 Å². The molecule has 0 bridgehead atoms. The summed E-state index contributed by atoms with van der Waals surface area (Å²) in [7, 11) is 0. The first-order valence-corrected chi connectivity index (χ1v) is 8.35. The van der Waals surface area contributed by atoms with Gasteiger partial charge in [-0.15, -0.1) is 0 Å². The molecule has 0 saturated carbocycles. The van der Waals surface area contributed by atoms with Crippen LogP contribution in [0.1, 0.15) is 42.2 Å². The molecule has 0 aromatic heterocycles. The van der Waals surface area contributed by atoms with Gasteiger partial charge in [0.05, 0.1) is 4.92 Å². The van der Waals surface area contributed by atoms with E-state index in [4.69, 9.17) is 0 Å². The molecule has 1 aliphatic carbocycles. The van der Waals surface area contributed by atoms with E-state index < -0.39 is 28.1 Å². The predicted octanol–water partition coefficient (Wildman–Crippen LogP) is 3.62. The Bertz CT molecular complexity index is 1170. The summed E-state index contributed by atoms with van der Waals surface area (Å²) in [6, 6.07) is 17.1. The monoisotopic (exact) mass is 372 g/mol. The third-order valence-electron chi connectivity index (χ3n) is 4.52. The number of nitrogens with one attached hydrogen (secondary N) is 1. The number of rotatable bonds is 3. The van der Waals surface area contributed by atoms with Crippen LogP contribution in [0, 0.1) is 10.1 Å². The zero-order valence-corrected chi connectivity index (χ0v) is 14.3. The number of ketones is 2. The summed E-state index contributed by atoms with van der Waals surface area (Å²) in [4.78, 5) is 49.3. The minimum absolute atomic E-state index is 0.0772. The highest BCUT2D eigenvalue weighted by molar-refractivity contribution is 6.30. The van der Waals surface area contributed by atoms with Crippen LogP contribution < -0.4 is 5.32 Å². The molecule has 7 nitrogen and oxygen atoms in total. The summed E-state index contributed by atoms with van der Waals surface area (Å²) < 4.78 is 0. The normalized spacial score (nSPS) is 12.1. The van der Waals surface area contributed by atoms with E-state index in [1.807, 2.05) is 0 Å². The van der Waals surface area contributed by atoms with E-state index in [1.165, 1.54) is 24.3 Å². The number of para-hydroxylation sites is 1. The van der Waals surface area contributed by atoms with Gasteiger partial charge in [0.15, 0.2) is 5.78 Å². The molecule has 7 heteroatoms. The largest absolute Gasteiger partial charge is 0.322 e. The van der Waals surface area contributed by atoms with Crippen LogP contribution in [0.3, 0.4) is 0 Å². The molecule has 0 unspecified atom stereocenters. The standard InChI is InChI=1S/C21H12N2O5/c24-19-13-8-4-5-9-14(13)20(25)17-15(19)10-11-16(18(17)23(27)28)21(26)22-12-6-2-1-3-7-12/h1-11H,(H,22,26). The molecular weight excluding hydrogens is 360 g/mol. The van der Waals surface area contributed by atoms with Crippen molar-refractivity contribution in [3.63, 3.8) is 0 Å². The molecule has 0 radical (unpaired) electrons. The van der Waals surface area contributed by atoms with Gasteiger partial charge in [-0.1, -0.05) is 42.5 Å². The SMILES string of the molecule is O=C1c2ccccc2C(=O)c2c1ccc(C(=O)Nc1ccccc1)c2[N+](=O)[O-]. The third-order valence-corrected chi connectivity index (χ3v) is 4.52. The van der Waals surface area contributed by atoms with Crippen molar-refractivity contribution in [1.82, 2.24) is 0 Å². The second-order valence-electron chi connectivity index (χ2n) is 6.17. The van der Waals surface area contributed by atoms with Crippen LogP contribution in [0.2, 0.25) is 0 Å². The van der Waals surface area contributed by atoms with Gasteiger partial charge in [0, 0.05) is 22.4 Å². The van der Waals surface area contributed by atoms with E-state index in [0.29, 0.717) is 5.69 Å². The van der Waals surface area contributed by atoms with E-state index in [2.05, 4.69) is 5.32 Å². The van der Waals surface area contributed by atoms with E-state index in [1.54, 1.807) is 42.5 Å². The summed E-state index contributed by atoms with van der Waals surface area (Å²) in [5.41, 5.74) is -0.653. The number of amides is 1. The van der Waals surface area contributed by atoms with Crippen molar-refractivity contribution in [2.75, 3.05) is 5.32 Å². The number of nitro benzene ring substituents is 1. The van der Waals surface area contributed by atoms with Crippen LogP contribution in [0.5, 0.6) is 0 Å². The van der Waals surface area contributed by atoms with Crippen molar-refractivity contribution in [1.29, 1.82) is 0 Å². The Morgan fingerprint density at radius 1 is 0.786 bits per heavy atom. The Hall–Kier alpha value is -4.13. The van der Waals surface area contributed by atoms with Gasteiger partial charge in [-0.2, -0.15) is 0 Å². The van der Waals surface area contributed by atoms with Crippen molar-refractivity contribution in [2.24, 2.45) is 0 Å². The topological polar surface area (TPSA) is 106 Å². The van der Waals surface area contributed by atoms with Crippen molar-refractivity contribution in [3.8, 4) is 0 Å². The second-order valence-corrected chi connectivity index (χ2v) is 6.17. The molecule has 0 saturated heterocycles. The molecule has 0 atom stereocenters. The highest BCUT2D eigenvalue weighted by atomic mass is 16.6. The maximum absolute atomic E-state index is 12.9. The maximum atomic E-state index is 12.9. The molecule has 1 amide bonds. The maximum Gasteiger partial charge on any atom is 0.294 e. The van der Waals surface area contributed by atoms with Crippen molar-refractivity contribution < 1.29 is 19.3 Å².